The van der Waals surface area contributed by atoms with Gasteiger partial charge in [-0.3, -0.25) is 0 Å². The number of hydrogen-bond acceptors (Lipinski definition) is 1. The Morgan fingerprint density at radius 1 is 1.25 bits per heavy atom. The number of alkyl halides is 3. The maximum Gasteiger partial charge on any atom is 0.573 e. The molecule has 12 heavy (non-hydrogen) atoms. The zero-order valence-electron chi connectivity index (χ0n) is 5.99. The van der Waals surface area contributed by atoms with Crippen LogP contribution in [0, 0.1) is 0 Å². The third-order valence-electron chi connectivity index (χ3n) is 0.697. The van der Waals surface area contributed by atoms with E-state index in [1.165, 1.54) is 0 Å². The topological polar surface area (TPSA) is 9.23 Å². The van der Waals surface area contributed by atoms with Crippen molar-refractivity contribution in [2.45, 2.75) is 6.36 Å². The van der Waals surface area contributed by atoms with Gasteiger partial charge >= 0.3 is 6.36 Å². The highest BCUT2D eigenvalue weighted by Crippen LogP contribution is 2.20. The molecule has 0 N–H and O–H groups in total. The molecule has 0 fully saturated rings. The molecule has 0 saturated heterocycles. The first kappa shape index (κ1) is 11.1. The van der Waals surface area contributed by atoms with Crippen LogP contribution in [0.1, 0.15) is 0 Å². The average Bonchev–Trinajstić information content (AvgIpc) is 1.79. The summed E-state index contributed by atoms with van der Waals surface area (Å²) < 4.78 is 37.8. The van der Waals surface area contributed by atoms with E-state index in [0.717, 1.165) is 12.2 Å². The Hall–Kier alpha value is -0.900. The Bertz CT molecular complexity index is 217. The standard InChI is InChI=1S/C7H6ClF3O/c1-5(8)3-4-6(2)12-7(9,10)11/h3-4H,1-2H2/b4-3-. The molecule has 5 heteroatoms. The summed E-state index contributed by atoms with van der Waals surface area (Å²) >= 11 is 5.23. The number of allylic oxidation sites excluding steroid dienone is 3. The molecule has 0 radical (unpaired) electrons. The Morgan fingerprint density at radius 3 is 2.08 bits per heavy atom. The zero-order valence-corrected chi connectivity index (χ0v) is 6.74. The number of rotatable bonds is 3. The minimum absolute atomic E-state index is 0.0990. The van der Waals surface area contributed by atoms with E-state index >= 15 is 0 Å². The fourth-order valence-corrected chi connectivity index (χ4v) is 0.429. The van der Waals surface area contributed by atoms with Crippen molar-refractivity contribution in [3.05, 3.63) is 36.1 Å². The van der Waals surface area contributed by atoms with Gasteiger partial charge in [0, 0.05) is 5.03 Å². The lowest BCUT2D eigenvalue weighted by atomic mass is 10.4. The van der Waals surface area contributed by atoms with Crippen molar-refractivity contribution < 1.29 is 17.9 Å². The first-order valence-electron chi connectivity index (χ1n) is 2.78. The Labute approximate surface area is 72.8 Å². The molecule has 0 heterocycles. The lowest BCUT2D eigenvalue weighted by molar-refractivity contribution is -0.303. The van der Waals surface area contributed by atoms with E-state index in [4.69, 9.17) is 11.6 Å². The van der Waals surface area contributed by atoms with Gasteiger partial charge in [-0.2, -0.15) is 0 Å². The molecule has 0 saturated carbocycles. The van der Waals surface area contributed by atoms with E-state index in [2.05, 4.69) is 17.9 Å². The highest BCUT2D eigenvalue weighted by molar-refractivity contribution is 6.30. The predicted molar refractivity (Wildman–Crippen MR) is 40.4 cm³/mol. The van der Waals surface area contributed by atoms with Crippen molar-refractivity contribution in [1.82, 2.24) is 0 Å². The van der Waals surface area contributed by atoms with Gasteiger partial charge in [-0.1, -0.05) is 24.8 Å². The lowest BCUT2D eigenvalue weighted by Crippen LogP contribution is -2.11. The second-order valence-electron chi connectivity index (χ2n) is 1.79. The number of halogens is 4. The molecular formula is C7H6ClF3O. The molecule has 0 unspecified atom stereocenters. The summed E-state index contributed by atoms with van der Waals surface area (Å²) in [6.45, 7) is 6.21. The molecule has 0 aromatic rings. The van der Waals surface area contributed by atoms with Crippen LogP contribution in [0.5, 0.6) is 0 Å². The molecule has 0 spiro atoms. The fraction of sp³-hybridized carbons (Fsp3) is 0.143. The van der Waals surface area contributed by atoms with E-state index in [1.807, 2.05) is 0 Å². The minimum atomic E-state index is -4.71. The summed E-state index contributed by atoms with van der Waals surface area (Å²) in [6, 6.07) is 0. The van der Waals surface area contributed by atoms with Crippen LogP contribution in [-0.2, 0) is 4.74 Å². The summed E-state index contributed by atoms with van der Waals surface area (Å²) in [4.78, 5) is 0. The van der Waals surface area contributed by atoms with Crippen LogP contribution in [0.4, 0.5) is 13.2 Å². The predicted octanol–water partition coefficient (Wildman–Crippen LogP) is 3.35. The van der Waals surface area contributed by atoms with Gasteiger partial charge in [0.25, 0.3) is 0 Å². The van der Waals surface area contributed by atoms with E-state index in [0.29, 0.717) is 0 Å². The fourth-order valence-electron chi connectivity index (χ4n) is 0.366. The molecule has 0 atom stereocenters. The van der Waals surface area contributed by atoms with E-state index < -0.39 is 12.1 Å². The van der Waals surface area contributed by atoms with Gasteiger partial charge in [0.05, 0.1) is 0 Å². The second-order valence-corrected chi connectivity index (χ2v) is 2.28. The summed E-state index contributed by atoms with van der Waals surface area (Å²) in [5, 5.41) is 0.0990. The van der Waals surface area contributed by atoms with Gasteiger partial charge in [-0.25, -0.2) is 0 Å². The molecular weight excluding hydrogens is 193 g/mol. The molecule has 1 nitrogen and oxygen atoms in total. The van der Waals surface area contributed by atoms with Crippen molar-refractivity contribution in [2.24, 2.45) is 0 Å². The molecule has 0 aliphatic heterocycles. The van der Waals surface area contributed by atoms with Gasteiger partial charge in [-0.05, 0) is 12.2 Å². The van der Waals surface area contributed by atoms with Crippen LogP contribution in [0.3, 0.4) is 0 Å². The molecule has 0 amide bonds. The normalized spacial score (nSPS) is 11.7. The first-order chi connectivity index (χ1) is 5.31. The van der Waals surface area contributed by atoms with Crippen molar-refractivity contribution in [3.8, 4) is 0 Å². The largest absolute Gasteiger partial charge is 0.573 e. The quantitative estimate of drug-likeness (QED) is 0.499. The van der Waals surface area contributed by atoms with E-state index in [9.17, 15) is 13.2 Å². The third kappa shape index (κ3) is 7.21. The van der Waals surface area contributed by atoms with Crippen LogP contribution in [0.2, 0.25) is 0 Å². The van der Waals surface area contributed by atoms with Gasteiger partial charge < -0.3 is 4.74 Å². The summed E-state index contributed by atoms with van der Waals surface area (Å²) in [5.74, 6) is -0.538. The van der Waals surface area contributed by atoms with Gasteiger partial charge in [0.2, 0.25) is 0 Å². The average molecular weight is 199 g/mol. The molecule has 0 aliphatic carbocycles. The SMILES string of the molecule is C=C(Cl)/C=C\C(=C)OC(F)(F)F. The van der Waals surface area contributed by atoms with Crippen molar-refractivity contribution >= 4 is 11.6 Å². The highest BCUT2D eigenvalue weighted by Gasteiger charge is 2.30. The van der Waals surface area contributed by atoms with E-state index in [-0.39, 0.29) is 5.03 Å². The van der Waals surface area contributed by atoms with Crippen molar-refractivity contribution in [1.29, 1.82) is 0 Å². The Balaban J connectivity index is 3.99. The molecule has 0 aliphatic rings. The van der Waals surface area contributed by atoms with Crippen LogP contribution in [0.15, 0.2) is 36.1 Å². The second kappa shape index (κ2) is 4.21. The monoisotopic (exact) mass is 198 g/mol. The van der Waals surface area contributed by atoms with Crippen molar-refractivity contribution in [2.75, 3.05) is 0 Å². The Kier molecular flexibility index (Phi) is 3.89. The molecule has 0 rings (SSSR count). The number of hydrogen-bond donors (Lipinski definition) is 0. The maximum atomic E-state index is 11.5. The summed E-state index contributed by atoms with van der Waals surface area (Å²) in [5.41, 5.74) is 0. The molecule has 0 aromatic heterocycles. The molecule has 0 aromatic carbocycles. The van der Waals surface area contributed by atoms with Gasteiger partial charge in [0.15, 0.2) is 0 Å². The van der Waals surface area contributed by atoms with Crippen molar-refractivity contribution in [3.63, 3.8) is 0 Å². The lowest BCUT2D eigenvalue weighted by Gasteiger charge is -2.07. The first-order valence-corrected chi connectivity index (χ1v) is 3.16. The Morgan fingerprint density at radius 2 is 1.75 bits per heavy atom. The van der Waals surface area contributed by atoms with Crippen LogP contribution in [0.25, 0.3) is 0 Å². The van der Waals surface area contributed by atoms with Gasteiger partial charge in [-0.15, -0.1) is 13.2 Å². The molecule has 68 valence electrons. The maximum absolute atomic E-state index is 11.5. The van der Waals surface area contributed by atoms with Crippen LogP contribution >= 0.6 is 11.6 Å². The molecule has 0 bridgehead atoms. The number of ether oxygens (including phenoxy) is 1. The zero-order chi connectivity index (χ0) is 9.78. The van der Waals surface area contributed by atoms with Crippen LogP contribution < -0.4 is 0 Å². The minimum Gasteiger partial charge on any atom is -0.406 e. The third-order valence-corrected chi connectivity index (χ3v) is 0.823. The smallest absolute Gasteiger partial charge is 0.406 e. The summed E-state index contributed by atoms with van der Waals surface area (Å²) in [7, 11) is 0. The highest BCUT2D eigenvalue weighted by atomic mass is 35.5. The van der Waals surface area contributed by atoms with Crippen LogP contribution in [-0.4, -0.2) is 6.36 Å². The van der Waals surface area contributed by atoms with Gasteiger partial charge in [0.1, 0.15) is 5.76 Å². The summed E-state index contributed by atoms with van der Waals surface area (Å²) in [6.07, 6.45) is -2.59. The van der Waals surface area contributed by atoms with E-state index in [1.54, 1.807) is 0 Å².